The van der Waals surface area contributed by atoms with Crippen LogP contribution in [0.15, 0.2) is 54.9 Å². The van der Waals surface area contributed by atoms with Gasteiger partial charge in [-0.2, -0.15) is 0 Å². The monoisotopic (exact) mass is 436 g/mol. The molecular formula is C25H32N4O3. The molecule has 170 valence electrons. The molecule has 1 amide bonds. The molecule has 2 aromatic heterocycles. The summed E-state index contributed by atoms with van der Waals surface area (Å²) in [6.45, 7) is 8.77. The molecule has 7 nitrogen and oxygen atoms in total. The zero-order valence-corrected chi connectivity index (χ0v) is 18.9. The first kappa shape index (κ1) is 22.3. The molecule has 1 atom stereocenters. The van der Waals surface area contributed by atoms with Gasteiger partial charge in [-0.3, -0.25) is 9.69 Å². The van der Waals surface area contributed by atoms with E-state index in [9.17, 15) is 4.79 Å². The van der Waals surface area contributed by atoms with Crippen LogP contribution >= 0.6 is 0 Å². The molecule has 0 saturated carbocycles. The summed E-state index contributed by atoms with van der Waals surface area (Å²) in [5, 5.41) is 3.13. The minimum Gasteiger partial charge on any atom is -0.487 e. The summed E-state index contributed by atoms with van der Waals surface area (Å²) in [5.74, 6) is 1.14. The first-order valence-corrected chi connectivity index (χ1v) is 11.3. The maximum atomic E-state index is 12.8. The highest BCUT2D eigenvalue weighted by Gasteiger charge is 2.22. The summed E-state index contributed by atoms with van der Waals surface area (Å²) >= 11 is 0. The molecule has 1 unspecified atom stereocenters. The fraction of sp³-hybridized carbons (Fsp3) is 0.440. The fourth-order valence-electron chi connectivity index (χ4n) is 4.10. The predicted octanol–water partition coefficient (Wildman–Crippen LogP) is 3.39. The number of nitrogens with zero attached hydrogens (tertiary/aromatic N) is 3. The van der Waals surface area contributed by atoms with Gasteiger partial charge in [-0.25, -0.2) is 4.98 Å². The van der Waals surface area contributed by atoms with Crippen molar-refractivity contribution >= 4 is 11.6 Å². The van der Waals surface area contributed by atoms with E-state index in [-0.39, 0.29) is 5.91 Å². The number of amides is 1. The molecule has 3 aromatic rings. The van der Waals surface area contributed by atoms with Gasteiger partial charge in [0.15, 0.2) is 0 Å². The van der Waals surface area contributed by atoms with E-state index in [1.807, 2.05) is 53.2 Å². The normalized spacial score (nSPS) is 15.7. The van der Waals surface area contributed by atoms with Crippen LogP contribution in [0.4, 0.5) is 0 Å². The SMILES string of the molecule is CC(C)CC(CNC(=O)c1cccc(OCc2cn3ccccc3n2)c1)N1CCOCC1. The summed E-state index contributed by atoms with van der Waals surface area (Å²) in [6, 6.07) is 13.5. The van der Waals surface area contributed by atoms with E-state index in [0.717, 1.165) is 44.1 Å². The van der Waals surface area contributed by atoms with Gasteiger partial charge in [-0.05, 0) is 42.7 Å². The standard InChI is InChI=1S/C25H32N4O3/c1-19(2)14-22(28-10-12-31-13-11-28)16-26-25(30)20-6-5-7-23(15-20)32-18-21-17-29-9-4-3-8-24(29)27-21/h3-9,15,17,19,22H,10-14,16,18H2,1-2H3,(H,26,30). The van der Waals surface area contributed by atoms with Crippen molar-refractivity contribution in [3.8, 4) is 5.75 Å². The number of rotatable bonds is 9. The van der Waals surface area contributed by atoms with Crippen LogP contribution in [0.5, 0.6) is 5.75 Å². The van der Waals surface area contributed by atoms with Crippen molar-refractivity contribution in [2.45, 2.75) is 32.9 Å². The molecule has 0 bridgehead atoms. The van der Waals surface area contributed by atoms with Gasteiger partial charge in [0.1, 0.15) is 18.0 Å². The smallest absolute Gasteiger partial charge is 0.251 e. The minimum atomic E-state index is -0.0785. The van der Waals surface area contributed by atoms with E-state index < -0.39 is 0 Å². The number of nitrogens with one attached hydrogen (secondary N) is 1. The third-order valence-corrected chi connectivity index (χ3v) is 5.70. The van der Waals surface area contributed by atoms with Gasteiger partial charge >= 0.3 is 0 Å². The highest BCUT2D eigenvalue weighted by Crippen LogP contribution is 2.17. The van der Waals surface area contributed by atoms with Gasteiger partial charge < -0.3 is 19.2 Å². The zero-order chi connectivity index (χ0) is 22.3. The first-order valence-electron chi connectivity index (χ1n) is 11.3. The number of hydrogen-bond acceptors (Lipinski definition) is 5. The number of ether oxygens (including phenoxy) is 2. The van der Waals surface area contributed by atoms with Gasteiger partial charge in [-0.15, -0.1) is 0 Å². The molecule has 1 saturated heterocycles. The highest BCUT2D eigenvalue weighted by molar-refractivity contribution is 5.94. The Labute approximate surface area is 189 Å². The average molecular weight is 437 g/mol. The maximum absolute atomic E-state index is 12.8. The van der Waals surface area contributed by atoms with Crippen LogP contribution in [0.2, 0.25) is 0 Å². The van der Waals surface area contributed by atoms with Crippen LogP contribution in [0.3, 0.4) is 0 Å². The molecule has 1 aliphatic heterocycles. The van der Waals surface area contributed by atoms with Crippen LogP contribution < -0.4 is 10.1 Å². The molecule has 4 rings (SSSR count). The van der Waals surface area contributed by atoms with Gasteiger partial charge in [0.2, 0.25) is 0 Å². The Morgan fingerprint density at radius 3 is 2.81 bits per heavy atom. The quantitative estimate of drug-likeness (QED) is 0.557. The third kappa shape index (κ3) is 5.87. The number of fused-ring (bicyclic) bond motifs is 1. The second-order valence-electron chi connectivity index (χ2n) is 8.66. The number of hydrogen-bond donors (Lipinski definition) is 1. The number of morpholine rings is 1. The molecule has 1 fully saturated rings. The van der Waals surface area contributed by atoms with Gasteiger partial charge in [0, 0.05) is 43.6 Å². The Morgan fingerprint density at radius 2 is 2.03 bits per heavy atom. The largest absolute Gasteiger partial charge is 0.487 e. The predicted molar refractivity (Wildman–Crippen MR) is 124 cm³/mol. The van der Waals surface area contributed by atoms with E-state index in [1.165, 1.54) is 0 Å². The van der Waals surface area contributed by atoms with Crippen molar-refractivity contribution in [1.82, 2.24) is 19.6 Å². The molecular weight excluding hydrogens is 404 g/mol. The zero-order valence-electron chi connectivity index (χ0n) is 18.9. The highest BCUT2D eigenvalue weighted by atomic mass is 16.5. The van der Waals surface area contributed by atoms with E-state index in [2.05, 4.69) is 29.0 Å². The fourth-order valence-corrected chi connectivity index (χ4v) is 4.10. The summed E-state index contributed by atoms with van der Waals surface area (Å²) in [4.78, 5) is 19.8. The van der Waals surface area contributed by atoms with Crippen molar-refractivity contribution in [1.29, 1.82) is 0 Å². The van der Waals surface area contributed by atoms with Gasteiger partial charge in [0.05, 0.1) is 18.9 Å². The Hall–Kier alpha value is -2.90. The molecule has 1 aromatic carbocycles. The molecule has 0 radical (unpaired) electrons. The lowest BCUT2D eigenvalue weighted by Gasteiger charge is -2.35. The van der Waals surface area contributed by atoms with Gasteiger partial charge in [-0.1, -0.05) is 26.0 Å². The molecule has 1 N–H and O–H groups in total. The summed E-state index contributed by atoms with van der Waals surface area (Å²) < 4.78 is 13.4. The van der Waals surface area contributed by atoms with Crippen molar-refractivity contribution in [3.05, 3.63) is 66.1 Å². The van der Waals surface area contributed by atoms with Crippen molar-refractivity contribution < 1.29 is 14.3 Å². The topological polar surface area (TPSA) is 68.1 Å². The summed E-state index contributed by atoms with van der Waals surface area (Å²) in [5.41, 5.74) is 2.33. The van der Waals surface area contributed by atoms with Gasteiger partial charge in [0.25, 0.3) is 5.91 Å². The number of carbonyl (C=O) groups excluding carboxylic acids is 1. The van der Waals surface area contributed by atoms with Crippen molar-refractivity contribution in [3.63, 3.8) is 0 Å². The average Bonchev–Trinajstić information content (AvgIpc) is 3.24. The van der Waals surface area contributed by atoms with E-state index >= 15 is 0 Å². The van der Waals surface area contributed by atoms with Crippen LogP contribution in [0, 0.1) is 5.92 Å². The number of benzene rings is 1. The third-order valence-electron chi connectivity index (χ3n) is 5.70. The summed E-state index contributed by atoms with van der Waals surface area (Å²) in [7, 11) is 0. The molecule has 1 aliphatic rings. The number of aromatic nitrogens is 2. The Bertz CT molecular complexity index is 994. The summed E-state index contributed by atoms with van der Waals surface area (Å²) in [6.07, 6.45) is 4.95. The Morgan fingerprint density at radius 1 is 1.19 bits per heavy atom. The molecule has 7 heteroatoms. The second-order valence-corrected chi connectivity index (χ2v) is 8.66. The lowest BCUT2D eigenvalue weighted by atomic mass is 10.0. The lowest BCUT2D eigenvalue weighted by Crippen LogP contribution is -2.49. The van der Waals surface area contributed by atoms with E-state index in [4.69, 9.17) is 9.47 Å². The lowest BCUT2D eigenvalue weighted by molar-refractivity contribution is 0.0124. The number of carbonyl (C=O) groups is 1. The Balaban J connectivity index is 1.34. The number of pyridine rings is 1. The van der Waals surface area contributed by atoms with Crippen LogP contribution in [0.25, 0.3) is 5.65 Å². The van der Waals surface area contributed by atoms with Crippen molar-refractivity contribution in [2.24, 2.45) is 5.92 Å². The molecule has 0 aliphatic carbocycles. The first-order chi connectivity index (χ1) is 15.6. The maximum Gasteiger partial charge on any atom is 0.251 e. The number of imidazole rings is 1. The van der Waals surface area contributed by atoms with E-state index in [1.54, 1.807) is 6.07 Å². The van der Waals surface area contributed by atoms with Crippen LogP contribution in [0.1, 0.15) is 36.3 Å². The minimum absolute atomic E-state index is 0.0785. The molecule has 32 heavy (non-hydrogen) atoms. The van der Waals surface area contributed by atoms with Crippen molar-refractivity contribution in [2.75, 3.05) is 32.8 Å². The molecule has 0 spiro atoms. The second kappa shape index (κ2) is 10.6. The van der Waals surface area contributed by atoms with Crippen LogP contribution in [-0.2, 0) is 11.3 Å². The Kier molecular flexibility index (Phi) is 7.39. The van der Waals surface area contributed by atoms with E-state index in [0.29, 0.717) is 36.4 Å². The molecule has 3 heterocycles. The van der Waals surface area contributed by atoms with Crippen LogP contribution in [-0.4, -0.2) is 59.1 Å².